The number of H-pyrrole nitrogens is 1. The number of nitrogens with zero attached hydrogens (tertiary/aromatic N) is 2. The summed E-state index contributed by atoms with van der Waals surface area (Å²) in [5.74, 6) is 0. The first-order chi connectivity index (χ1) is 8.50. The topological polar surface area (TPSA) is 44.0 Å². The molecule has 2 heterocycles. The van der Waals surface area contributed by atoms with Crippen molar-refractivity contribution in [2.45, 2.75) is 40.2 Å². The number of aromatic nitrogens is 2. The average molecular weight is 250 g/mol. The maximum Gasteiger partial charge on any atom is 0.0638 e. The Bertz CT molecular complexity index is 369. The van der Waals surface area contributed by atoms with Crippen LogP contribution in [0.4, 0.5) is 0 Å². The number of aryl methyl sites for hydroxylation is 2. The van der Waals surface area contributed by atoms with Crippen molar-refractivity contribution in [3.8, 4) is 0 Å². The van der Waals surface area contributed by atoms with Gasteiger partial charge in [-0.25, -0.2) is 0 Å². The van der Waals surface area contributed by atoms with Crippen LogP contribution in [0.3, 0.4) is 0 Å². The molecule has 0 aliphatic carbocycles. The summed E-state index contributed by atoms with van der Waals surface area (Å²) in [7, 11) is 2.21. The Hall–Kier alpha value is -0.870. The van der Waals surface area contributed by atoms with E-state index in [2.05, 4.69) is 48.2 Å². The van der Waals surface area contributed by atoms with Crippen molar-refractivity contribution < 1.29 is 0 Å². The molecule has 4 heteroatoms. The van der Waals surface area contributed by atoms with Gasteiger partial charge >= 0.3 is 0 Å². The summed E-state index contributed by atoms with van der Waals surface area (Å²) < 4.78 is 0. The molecule has 2 rings (SSSR count). The van der Waals surface area contributed by atoms with E-state index < -0.39 is 0 Å². The number of hydrogen-bond acceptors (Lipinski definition) is 3. The summed E-state index contributed by atoms with van der Waals surface area (Å²) in [4.78, 5) is 2.42. The fourth-order valence-electron chi connectivity index (χ4n) is 2.66. The number of hydrogen-bond donors (Lipinski definition) is 2. The molecule has 1 aromatic rings. The minimum absolute atomic E-state index is 0.456. The Morgan fingerprint density at radius 1 is 1.33 bits per heavy atom. The van der Waals surface area contributed by atoms with E-state index in [0.717, 1.165) is 18.8 Å². The molecular weight excluding hydrogens is 224 g/mol. The second kappa shape index (κ2) is 5.41. The number of piperidine rings is 1. The summed E-state index contributed by atoms with van der Waals surface area (Å²) in [6.45, 7) is 11.0. The van der Waals surface area contributed by atoms with Gasteiger partial charge in [-0.2, -0.15) is 5.10 Å². The highest BCUT2D eigenvalue weighted by Crippen LogP contribution is 2.29. The largest absolute Gasteiger partial charge is 0.312 e. The van der Waals surface area contributed by atoms with Crippen molar-refractivity contribution in [3.05, 3.63) is 17.0 Å². The molecule has 0 unspecified atom stereocenters. The lowest BCUT2D eigenvalue weighted by Crippen LogP contribution is -2.41. The third kappa shape index (κ3) is 3.12. The smallest absolute Gasteiger partial charge is 0.0638 e. The van der Waals surface area contributed by atoms with E-state index >= 15 is 0 Å². The van der Waals surface area contributed by atoms with Gasteiger partial charge in [-0.15, -0.1) is 0 Å². The molecular formula is C14H26N4. The van der Waals surface area contributed by atoms with Crippen LogP contribution in [0.1, 0.15) is 36.7 Å². The van der Waals surface area contributed by atoms with Crippen molar-refractivity contribution in [2.75, 3.05) is 26.7 Å². The van der Waals surface area contributed by atoms with Crippen LogP contribution in [0, 0.1) is 19.3 Å². The van der Waals surface area contributed by atoms with Gasteiger partial charge in [0.15, 0.2) is 0 Å². The predicted molar refractivity (Wildman–Crippen MR) is 74.6 cm³/mol. The third-order valence-corrected chi connectivity index (χ3v) is 4.33. The van der Waals surface area contributed by atoms with Crippen LogP contribution in [-0.4, -0.2) is 41.8 Å². The second-order valence-corrected chi connectivity index (χ2v) is 6.13. The Labute approximate surface area is 110 Å². The summed E-state index contributed by atoms with van der Waals surface area (Å²) in [5, 5.41) is 10.9. The van der Waals surface area contributed by atoms with E-state index in [1.54, 1.807) is 0 Å². The summed E-state index contributed by atoms with van der Waals surface area (Å²) in [6.07, 6.45) is 2.58. The molecule has 18 heavy (non-hydrogen) atoms. The standard InChI is InChI=1S/C14H26N4/c1-11-13(12(2)17-16-11)9-15-10-14(3)5-7-18(4)8-6-14/h15H,5-10H2,1-4H3,(H,16,17). The van der Waals surface area contributed by atoms with Gasteiger partial charge in [0.25, 0.3) is 0 Å². The second-order valence-electron chi connectivity index (χ2n) is 6.13. The van der Waals surface area contributed by atoms with E-state index in [9.17, 15) is 0 Å². The van der Waals surface area contributed by atoms with Gasteiger partial charge in [-0.05, 0) is 52.2 Å². The van der Waals surface area contributed by atoms with Gasteiger partial charge in [-0.3, -0.25) is 5.10 Å². The molecule has 0 amide bonds. The zero-order chi connectivity index (χ0) is 13.2. The molecule has 0 spiro atoms. The minimum atomic E-state index is 0.456. The zero-order valence-electron chi connectivity index (χ0n) is 12.1. The maximum absolute atomic E-state index is 4.24. The molecule has 1 fully saturated rings. The van der Waals surface area contributed by atoms with Crippen LogP contribution in [0.5, 0.6) is 0 Å². The number of likely N-dealkylation sites (tertiary alicyclic amines) is 1. The van der Waals surface area contributed by atoms with E-state index in [1.165, 1.54) is 37.2 Å². The highest BCUT2D eigenvalue weighted by Gasteiger charge is 2.28. The van der Waals surface area contributed by atoms with Crippen LogP contribution >= 0.6 is 0 Å². The van der Waals surface area contributed by atoms with E-state index in [0.29, 0.717) is 5.41 Å². The van der Waals surface area contributed by atoms with E-state index in [-0.39, 0.29) is 0 Å². The monoisotopic (exact) mass is 250 g/mol. The number of nitrogens with one attached hydrogen (secondary N) is 2. The summed E-state index contributed by atoms with van der Waals surface area (Å²) in [5.41, 5.74) is 4.09. The molecule has 4 nitrogen and oxygen atoms in total. The molecule has 0 bridgehead atoms. The highest BCUT2D eigenvalue weighted by molar-refractivity contribution is 5.22. The SMILES string of the molecule is Cc1n[nH]c(C)c1CNCC1(C)CCN(C)CC1. The predicted octanol–water partition coefficient (Wildman–Crippen LogP) is 1.85. The van der Waals surface area contributed by atoms with Crippen molar-refractivity contribution in [1.82, 2.24) is 20.4 Å². The molecule has 0 atom stereocenters. The van der Waals surface area contributed by atoms with Crippen LogP contribution in [0.15, 0.2) is 0 Å². The van der Waals surface area contributed by atoms with Crippen LogP contribution in [0.25, 0.3) is 0 Å². The first kappa shape index (κ1) is 13.6. The van der Waals surface area contributed by atoms with Crippen molar-refractivity contribution >= 4 is 0 Å². The Balaban J connectivity index is 1.82. The van der Waals surface area contributed by atoms with Crippen LogP contribution in [-0.2, 0) is 6.54 Å². The van der Waals surface area contributed by atoms with Gasteiger partial charge < -0.3 is 10.2 Å². The number of aromatic amines is 1. The molecule has 1 aliphatic rings. The Morgan fingerprint density at radius 3 is 2.56 bits per heavy atom. The fourth-order valence-corrected chi connectivity index (χ4v) is 2.66. The lowest BCUT2D eigenvalue weighted by molar-refractivity contribution is 0.137. The Kier molecular flexibility index (Phi) is 4.07. The van der Waals surface area contributed by atoms with E-state index in [1.807, 2.05) is 0 Å². The molecule has 1 saturated heterocycles. The lowest BCUT2D eigenvalue weighted by Gasteiger charge is -2.38. The lowest BCUT2D eigenvalue weighted by atomic mass is 9.80. The highest BCUT2D eigenvalue weighted by atomic mass is 15.1. The van der Waals surface area contributed by atoms with E-state index in [4.69, 9.17) is 0 Å². The molecule has 0 aromatic carbocycles. The van der Waals surface area contributed by atoms with Gasteiger partial charge in [-0.1, -0.05) is 6.92 Å². The normalized spacial score (nSPS) is 20.2. The average Bonchev–Trinajstić information content (AvgIpc) is 2.65. The molecule has 1 aromatic heterocycles. The van der Waals surface area contributed by atoms with Gasteiger partial charge in [0.1, 0.15) is 0 Å². The quantitative estimate of drug-likeness (QED) is 0.857. The maximum atomic E-state index is 4.24. The minimum Gasteiger partial charge on any atom is -0.312 e. The van der Waals surface area contributed by atoms with Gasteiger partial charge in [0, 0.05) is 24.3 Å². The summed E-state index contributed by atoms with van der Waals surface area (Å²) in [6, 6.07) is 0. The zero-order valence-corrected chi connectivity index (χ0v) is 12.1. The van der Waals surface area contributed by atoms with Crippen LogP contribution in [0.2, 0.25) is 0 Å². The number of rotatable bonds is 4. The van der Waals surface area contributed by atoms with Crippen molar-refractivity contribution in [2.24, 2.45) is 5.41 Å². The van der Waals surface area contributed by atoms with Crippen molar-refractivity contribution in [3.63, 3.8) is 0 Å². The first-order valence-electron chi connectivity index (χ1n) is 6.90. The third-order valence-electron chi connectivity index (χ3n) is 4.33. The van der Waals surface area contributed by atoms with Crippen molar-refractivity contribution in [1.29, 1.82) is 0 Å². The van der Waals surface area contributed by atoms with Gasteiger partial charge in [0.05, 0.1) is 5.69 Å². The van der Waals surface area contributed by atoms with Crippen LogP contribution < -0.4 is 5.32 Å². The Morgan fingerprint density at radius 2 is 2.00 bits per heavy atom. The molecule has 2 N–H and O–H groups in total. The molecule has 102 valence electrons. The molecule has 1 aliphatic heterocycles. The van der Waals surface area contributed by atoms with Gasteiger partial charge in [0.2, 0.25) is 0 Å². The summed E-state index contributed by atoms with van der Waals surface area (Å²) >= 11 is 0. The first-order valence-corrected chi connectivity index (χ1v) is 6.90. The molecule has 0 radical (unpaired) electrons. The fraction of sp³-hybridized carbons (Fsp3) is 0.786. The molecule has 0 saturated carbocycles.